The second-order valence-corrected chi connectivity index (χ2v) is 3.41. The lowest BCUT2D eigenvalue weighted by molar-refractivity contribution is -0.135. The van der Waals surface area contributed by atoms with Crippen molar-refractivity contribution >= 4 is 5.91 Å². The van der Waals surface area contributed by atoms with E-state index in [0.29, 0.717) is 0 Å². The molecular weight excluding hydrogens is 144 g/mol. The minimum absolute atomic E-state index is 0.169. The quantitative estimate of drug-likeness (QED) is 0.319. The molecule has 1 saturated heterocycles. The van der Waals surface area contributed by atoms with Gasteiger partial charge in [0.25, 0.3) is 5.91 Å². The van der Waals surface area contributed by atoms with E-state index in [9.17, 15) is 4.79 Å². The molecule has 0 spiro atoms. The molecule has 4 nitrogen and oxygen atoms in total. The molecule has 0 aromatic rings. The third kappa shape index (κ3) is 1.91. The molecule has 1 rings (SSSR count). The Labute approximate surface area is 66.1 Å². The summed E-state index contributed by atoms with van der Waals surface area (Å²) in [5, 5.41) is 0. The van der Waals surface area contributed by atoms with Crippen LogP contribution in [0.5, 0.6) is 0 Å². The van der Waals surface area contributed by atoms with Gasteiger partial charge in [0.15, 0.2) is 0 Å². The molecule has 0 aromatic carbocycles. The molecule has 64 valence electrons. The fourth-order valence-corrected chi connectivity index (χ4v) is 1.26. The van der Waals surface area contributed by atoms with E-state index in [1.807, 2.05) is 13.8 Å². The molecule has 1 fully saturated rings. The van der Waals surface area contributed by atoms with Crippen LogP contribution in [0.4, 0.5) is 0 Å². The van der Waals surface area contributed by atoms with Crippen LogP contribution in [0, 0.1) is 0 Å². The first-order valence-electron chi connectivity index (χ1n) is 3.73. The van der Waals surface area contributed by atoms with Crippen molar-refractivity contribution in [2.75, 3.05) is 0 Å². The molecule has 0 aromatic heterocycles. The van der Waals surface area contributed by atoms with E-state index in [-0.39, 0.29) is 17.6 Å². The summed E-state index contributed by atoms with van der Waals surface area (Å²) in [4.78, 5) is 10.9. The molecule has 1 aliphatic rings. The first-order chi connectivity index (χ1) is 5.05. The van der Waals surface area contributed by atoms with E-state index in [0.717, 1.165) is 12.8 Å². The predicted octanol–water partition coefficient (Wildman–Crippen LogP) is -0.0661. The molecular formula is C7H14N2O2. The van der Waals surface area contributed by atoms with Gasteiger partial charge >= 0.3 is 0 Å². The Morgan fingerprint density at radius 1 is 1.73 bits per heavy atom. The zero-order chi connectivity index (χ0) is 8.48. The van der Waals surface area contributed by atoms with Gasteiger partial charge in [-0.1, -0.05) is 0 Å². The minimum atomic E-state index is -0.352. The van der Waals surface area contributed by atoms with Crippen LogP contribution in [-0.4, -0.2) is 17.6 Å². The molecule has 0 bridgehead atoms. The summed E-state index contributed by atoms with van der Waals surface area (Å²) in [7, 11) is 0. The van der Waals surface area contributed by atoms with Crippen LogP contribution in [-0.2, 0) is 9.53 Å². The second-order valence-electron chi connectivity index (χ2n) is 3.41. The van der Waals surface area contributed by atoms with Crippen LogP contribution in [0.1, 0.15) is 26.7 Å². The molecule has 1 atom stereocenters. The van der Waals surface area contributed by atoms with Crippen molar-refractivity contribution in [3.05, 3.63) is 0 Å². The minimum Gasteiger partial charge on any atom is -0.362 e. The van der Waals surface area contributed by atoms with Crippen molar-refractivity contribution in [1.82, 2.24) is 5.43 Å². The number of hydrogen-bond acceptors (Lipinski definition) is 3. The van der Waals surface area contributed by atoms with Crippen molar-refractivity contribution in [3.8, 4) is 0 Å². The van der Waals surface area contributed by atoms with Crippen LogP contribution < -0.4 is 11.3 Å². The molecule has 0 unspecified atom stereocenters. The van der Waals surface area contributed by atoms with Crippen LogP contribution in [0.15, 0.2) is 0 Å². The summed E-state index contributed by atoms with van der Waals surface area (Å²) in [5.41, 5.74) is 1.91. The van der Waals surface area contributed by atoms with Crippen molar-refractivity contribution in [1.29, 1.82) is 0 Å². The average molecular weight is 158 g/mol. The van der Waals surface area contributed by atoms with E-state index < -0.39 is 0 Å². The molecule has 4 heteroatoms. The number of nitrogens with one attached hydrogen (secondary N) is 1. The van der Waals surface area contributed by atoms with Gasteiger partial charge in [0, 0.05) is 0 Å². The van der Waals surface area contributed by atoms with Gasteiger partial charge < -0.3 is 4.74 Å². The maximum Gasteiger partial charge on any atom is 0.263 e. The largest absolute Gasteiger partial charge is 0.362 e. The SMILES string of the molecule is CC1(C)CC[C@H](C(=O)NN)O1. The lowest BCUT2D eigenvalue weighted by Gasteiger charge is -2.17. The van der Waals surface area contributed by atoms with Crippen molar-refractivity contribution in [2.45, 2.75) is 38.4 Å². The first-order valence-corrected chi connectivity index (χ1v) is 3.73. The molecule has 3 N–H and O–H groups in total. The first kappa shape index (κ1) is 8.49. The maximum atomic E-state index is 10.9. The Hall–Kier alpha value is -0.610. The van der Waals surface area contributed by atoms with Gasteiger partial charge in [0.05, 0.1) is 5.60 Å². The van der Waals surface area contributed by atoms with E-state index >= 15 is 0 Å². The fourth-order valence-electron chi connectivity index (χ4n) is 1.26. The van der Waals surface area contributed by atoms with Crippen molar-refractivity contribution in [3.63, 3.8) is 0 Å². The van der Waals surface area contributed by atoms with Gasteiger partial charge in [0.2, 0.25) is 0 Å². The standard InChI is InChI=1S/C7H14N2O2/c1-7(2)4-3-5(11-7)6(10)9-8/h5H,3-4,8H2,1-2H3,(H,9,10)/t5-/m1/s1. The van der Waals surface area contributed by atoms with Gasteiger partial charge in [-0.3, -0.25) is 10.2 Å². The summed E-state index contributed by atoms with van der Waals surface area (Å²) in [5.74, 6) is 4.73. The number of rotatable bonds is 1. The number of amides is 1. The van der Waals surface area contributed by atoms with Crippen molar-refractivity contribution in [2.24, 2.45) is 5.84 Å². The van der Waals surface area contributed by atoms with Crippen LogP contribution in [0.3, 0.4) is 0 Å². The number of hydrogen-bond donors (Lipinski definition) is 2. The lowest BCUT2D eigenvalue weighted by Crippen LogP contribution is -2.39. The Morgan fingerprint density at radius 2 is 2.36 bits per heavy atom. The molecule has 0 saturated carbocycles. The highest BCUT2D eigenvalue weighted by molar-refractivity contribution is 5.80. The van der Waals surface area contributed by atoms with E-state index in [1.54, 1.807) is 0 Å². The maximum absolute atomic E-state index is 10.9. The summed E-state index contributed by atoms with van der Waals surface area (Å²) < 4.78 is 5.41. The van der Waals surface area contributed by atoms with Gasteiger partial charge in [0.1, 0.15) is 6.10 Å². The lowest BCUT2D eigenvalue weighted by atomic mass is 10.1. The molecule has 0 aliphatic carbocycles. The number of hydrazine groups is 1. The molecule has 1 heterocycles. The zero-order valence-corrected chi connectivity index (χ0v) is 6.89. The van der Waals surface area contributed by atoms with E-state index in [4.69, 9.17) is 10.6 Å². The highest BCUT2D eigenvalue weighted by Crippen LogP contribution is 2.28. The molecule has 1 aliphatic heterocycles. The van der Waals surface area contributed by atoms with Gasteiger partial charge in [-0.15, -0.1) is 0 Å². The van der Waals surface area contributed by atoms with Crippen LogP contribution in [0.25, 0.3) is 0 Å². The predicted molar refractivity (Wildman–Crippen MR) is 40.5 cm³/mol. The van der Waals surface area contributed by atoms with E-state index in [2.05, 4.69) is 5.43 Å². The normalized spacial score (nSPS) is 28.5. The molecule has 0 radical (unpaired) electrons. The number of nitrogens with two attached hydrogens (primary N) is 1. The average Bonchev–Trinajstić information content (AvgIpc) is 2.29. The van der Waals surface area contributed by atoms with Gasteiger partial charge in [-0.2, -0.15) is 0 Å². The fraction of sp³-hybridized carbons (Fsp3) is 0.857. The van der Waals surface area contributed by atoms with E-state index in [1.165, 1.54) is 0 Å². The summed E-state index contributed by atoms with van der Waals surface area (Å²) in [6, 6.07) is 0. The summed E-state index contributed by atoms with van der Waals surface area (Å²) in [6.07, 6.45) is 1.32. The zero-order valence-electron chi connectivity index (χ0n) is 6.89. The highest BCUT2D eigenvalue weighted by Gasteiger charge is 2.35. The second kappa shape index (κ2) is 2.79. The molecule has 11 heavy (non-hydrogen) atoms. The topological polar surface area (TPSA) is 64.4 Å². The Bertz CT molecular complexity index is 168. The Balaban J connectivity index is 2.48. The molecule has 1 amide bonds. The number of ether oxygens (including phenoxy) is 1. The third-order valence-electron chi connectivity index (χ3n) is 1.90. The van der Waals surface area contributed by atoms with Gasteiger partial charge in [-0.05, 0) is 26.7 Å². The summed E-state index contributed by atoms with van der Waals surface area (Å²) in [6.45, 7) is 3.94. The summed E-state index contributed by atoms with van der Waals surface area (Å²) >= 11 is 0. The number of carbonyl (C=O) groups is 1. The van der Waals surface area contributed by atoms with Crippen LogP contribution >= 0.6 is 0 Å². The third-order valence-corrected chi connectivity index (χ3v) is 1.90. The highest BCUT2D eigenvalue weighted by atomic mass is 16.5. The van der Waals surface area contributed by atoms with Gasteiger partial charge in [-0.25, -0.2) is 5.84 Å². The Kier molecular flexibility index (Phi) is 2.15. The van der Waals surface area contributed by atoms with Crippen molar-refractivity contribution < 1.29 is 9.53 Å². The van der Waals surface area contributed by atoms with Crippen LogP contribution in [0.2, 0.25) is 0 Å². The Morgan fingerprint density at radius 3 is 2.73 bits per heavy atom. The number of carbonyl (C=O) groups excluding carboxylic acids is 1. The smallest absolute Gasteiger partial charge is 0.263 e. The monoisotopic (exact) mass is 158 g/mol.